The molecule has 16 heavy (non-hydrogen) atoms. The van der Waals surface area contributed by atoms with E-state index >= 15 is 0 Å². The molecular formula is C15H17N. The highest BCUT2D eigenvalue weighted by Gasteiger charge is 2.04. The third-order valence-corrected chi connectivity index (χ3v) is 2.31. The van der Waals surface area contributed by atoms with Gasteiger partial charge in [-0.2, -0.15) is 0 Å². The first-order valence-corrected chi connectivity index (χ1v) is 5.27. The van der Waals surface area contributed by atoms with Crippen LogP contribution in [-0.2, 0) is 0 Å². The van der Waals surface area contributed by atoms with Crippen molar-refractivity contribution in [1.29, 1.82) is 0 Å². The normalized spacial score (nSPS) is 8.81. The number of hydrogen-bond acceptors (Lipinski definition) is 1. The van der Waals surface area contributed by atoms with E-state index in [-0.39, 0.29) is 0 Å². The Kier molecular flexibility index (Phi) is 4.95. The van der Waals surface area contributed by atoms with E-state index in [1.807, 2.05) is 31.2 Å². The Balaban J connectivity index is 2.87. The summed E-state index contributed by atoms with van der Waals surface area (Å²) in [5.74, 6) is 0. The zero-order valence-electron chi connectivity index (χ0n) is 9.74. The van der Waals surface area contributed by atoms with Crippen LogP contribution in [0.3, 0.4) is 0 Å². The summed E-state index contributed by atoms with van der Waals surface area (Å²) in [6, 6.07) is 10.3. The smallest absolute Gasteiger partial charge is 0.0464 e. The molecule has 0 atom stereocenters. The molecule has 0 fully saturated rings. The topological polar surface area (TPSA) is 3.24 Å². The Morgan fingerprint density at radius 3 is 2.56 bits per heavy atom. The molecule has 0 heterocycles. The van der Waals surface area contributed by atoms with Crippen LogP contribution in [0.1, 0.15) is 6.92 Å². The number of rotatable bonds is 5. The van der Waals surface area contributed by atoms with E-state index in [0.29, 0.717) is 0 Å². The third kappa shape index (κ3) is 3.67. The lowest BCUT2D eigenvalue weighted by Gasteiger charge is -2.22. The molecule has 0 saturated carbocycles. The maximum atomic E-state index is 3.66. The van der Waals surface area contributed by atoms with Gasteiger partial charge in [-0.05, 0) is 30.7 Å². The molecule has 0 bridgehead atoms. The molecule has 1 nitrogen and oxygen atoms in total. The molecule has 82 valence electrons. The Hall–Kier alpha value is -1.94. The molecule has 0 aromatic heterocycles. The van der Waals surface area contributed by atoms with Crippen LogP contribution in [0, 0.1) is 0 Å². The molecule has 0 aliphatic rings. The first kappa shape index (κ1) is 12.1. The zero-order valence-corrected chi connectivity index (χ0v) is 9.74. The van der Waals surface area contributed by atoms with E-state index < -0.39 is 0 Å². The fraction of sp³-hybridized carbons (Fsp3) is 0.200. The van der Waals surface area contributed by atoms with Crippen molar-refractivity contribution in [2.45, 2.75) is 6.92 Å². The van der Waals surface area contributed by atoms with Crippen LogP contribution < -0.4 is 4.90 Å². The van der Waals surface area contributed by atoms with Crippen molar-refractivity contribution in [1.82, 2.24) is 0 Å². The van der Waals surface area contributed by atoms with Gasteiger partial charge in [-0.25, -0.2) is 0 Å². The van der Waals surface area contributed by atoms with Gasteiger partial charge in [0.05, 0.1) is 0 Å². The predicted molar refractivity (Wildman–Crippen MR) is 70.7 cm³/mol. The van der Waals surface area contributed by atoms with Crippen LogP contribution >= 0.6 is 0 Å². The second-order valence-electron chi connectivity index (χ2n) is 3.58. The molecule has 0 aliphatic heterocycles. The molecule has 0 amide bonds. The van der Waals surface area contributed by atoms with Crippen LogP contribution in [0.5, 0.6) is 0 Å². The van der Waals surface area contributed by atoms with Gasteiger partial charge in [-0.3, -0.25) is 0 Å². The largest absolute Gasteiger partial charge is 0.363 e. The van der Waals surface area contributed by atoms with Gasteiger partial charge >= 0.3 is 0 Å². The summed E-state index contributed by atoms with van der Waals surface area (Å²) in [5, 5.41) is 0. The van der Waals surface area contributed by atoms with Crippen molar-refractivity contribution >= 4 is 5.69 Å². The lowest BCUT2D eigenvalue weighted by Crippen LogP contribution is -2.24. The first-order chi connectivity index (χ1) is 7.77. The summed E-state index contributed by atoms with van der Waals surface area (Å²) in [6.07, 6.45) is 1.92. The highest BCUT2D eigenvalue weighted by atomic mass is 15.1. The minimum atomic E-state index is 0.798. The van der Waals surface area contributed by atoms with E-state index in [1.54, 1.807) is 0 Å². The average molecular weight is 211 g/mol. The minimum Gasteiger partial charge on any atom is -0.363 e. The van der Waals surface area contributed by atoms with Crippen LogP contribution in [0.2, 0.25) is 0 Å². The van der Waals surface area contributed by atoms with Gasteiger partial charge in [0.15, 0.2) is 0 Å². The van der Waals surface area contributed by atoms with E-state index in [0.717, 1.165) is 18.7 Å². The quantitative estimate of drug-likeness (QED) is 0.673. The van der Waals surface area contributed by atoms with Crippen molar-refractivity contribution in [3.63, 3.8) is 0 Å². The van der Waals surface area contributed by atoms with Gasteiger partial charge in [0, 0.05) is 18.8 Å². The second-order valence-corrected chi connectivity index (χ2v) is 3.58. The molecule has 1 rings (SSSR count). The third-order valence-electron chi connectivity index (χ3n) is 2.31. The van der Waals surface area contributed by atoms with Crippen molar-refractivity contribution in [2.75, 3.05) is 18.0 Å². The molecule has 0 saturated heterocycles. The highest BCUT2D eigenvalue weighted by molar-refractivity contribution is 5.47. The molecule has 0 spiro atoms. The fourth-order valence-corrected chi connectivity index (χ4v) is 1.42. The van der Waals surface area contributed by atoms with Gasteiger partial charge in [-0.1, -0.05) is 31.4 Å². The Morgan fingerprint density at radius 1 is 1.31 bits per heavy atom. The number of benzene rings is 1. The first-order valence-electron chi connectivity index (χ1n) is 5.27. The summed E-state index contributed by atoms with van der Waals surface area (Å²) in [4.78, 5) is 2.23. The molecule has 1 aromatic carbocycles. The van der Waals surface area contributed by atoms with Crippen molar-refractivity contribution < 1.29 is 0 Å². The Bertz CT molecular complexity index is 418. The predicted octanol–water partition coefficient (Wildman–Crippen LogP) is 3.57. The molecule has 0 radical (unpaired) electrons. The molecule has 0 aliphatic carbocycles. The molecular weight excluding hydrogens is 194 g/mol. The monoisotopic (exact) mass is 211 g/mol. The van der Waals surface area contributed by atoms with Crippen LogP contribution in [0.15, 0.2) is 66.6 Å². The van der Waals surface area contributed by atoms with Crippen LogP contribution in [0.25, 0.3) is 0 Å². The lowest BCUT2D eigenvalue weighted by atomic mass is 10.2. The molecule has 1 aromatic rings. The van der Waals surface area contributed by atoms with Gasteiger partial charge in [0.2, 0.25) is 0 Å². The van der Waals surface area contributed by atoms with E-state index in [2.05, 4.69) is 41.7 Å². The number of hydrogen-bond donors (Lipinski definition) is 0. The molecule has 1 heteroatoms. The zero-order chi connectivity index (χ0) is 11.8. The maximum absolute atomic E-state index is 3.66. The van der Waals surface area contributed by atoms with E-state index in [1.165, 1.54) is 5.69 Å². The summed E-state index contributed by atoms with van der Waals surface area (Å²) < 4.78 is 0. The van der Waals surface area contributed by atoms with Crippen molar-refractivity contribution in [3.05, 3.63) is 66.6 Å². The van der Waals surface area contributed by atoms with Crippen molar-refractivity contribution in [2.24, 2.45) is 0 Å². The Labute approximate surface area is 97.7 Å². The average Bonchev–Trinajstić information content (AvgIpc) is 2.35. The molecule has 0 N–H and O–H groups in total. The summed E-state index contributed by atoms with van der Waals surface area (Å²) in [7, 11) is 0. The van der Waals surface area contributed by atoms with Gasteiger partial charge in [0.25, 0.3) is 0 Å². The number of para-hydroxylation sites is 1. The van der Waals surface area contributed by atoms with Crippen LogP contribution in [0.4, 0.5) is 5.69 Å². The minimum absolute atomic E-state index is 0.798. The van der Waals surface area contributed by atoms with E-state index in [4.69, 9.17) is 0 Å². The van der Waals surface area contributed by atoms with Gasteiger partial charge in [-0.15, -0.1) is 11.5 Å². The standard InChI is InChI=1S/C15H17N/c1-4-6-12-16(13-14(3)5-2)15-10-8-7-9-11-15/h6-11H,1-2,12-13H2,3H3. The maximum Gasteiger partial charge on any atom is 0.0464 e. The fourth-order valence-electron chi connectivity index (χ4n) is 1.42. The number of anilines is 1. The van der Waals surface area contributed by atoms with Gasteiger partial charge in [0.1, 0.15) is 0 Å². The molecule has 0 unspecified atom stereocenters. The summed E-state index contributed by atoms with van der Waals surface area (Å²) in [6.45, 7) is 10.9. The van der Waals surface area contributed by atoms with Crippen molar-refractivity contribution in [3.8, 4) is 0 Å². The Morgan fingerprint density at radius 2 is 2.00 bits per heavy atom. The van der Waals surface area contributed by atoms with Crippen LogP contribution in [-0.4, -0.2) is 13.1 Å². The number of nitrogens with zero attached hydrogens (tertiary/aromatic N) is 1. The summed E-state index contributed by atoms with van der Waals surface area (Å²) in [5.41, 5.74) is 8.02. The highest BCUT2D eigenvalue weighted by Crippen LogP contribution is 2.14. The SMILES string of the molecule is C=C=CCN(CC(C)=C=C)c1ccccc1. The summed E-state index contributed by atoms with van der Waals surface area (Å²) >= 11 is 0. The van der Waals surface area contributed by atoms with E-state index in [9.17, 15) is 0 Å². The second kappa shape index (κ2) is 6.53. The lowest BCUT2D eigenvalue weighted by molar-refractivity contribution is 0.921. The van der Waals surface area contributed by atoms with Gasteiger partial charge < -0.3 is 4.90 Å².